The summed E-state index contributed by atoms with van der Waals surface area (Å²) in [6, 6.07) is 0. The first-order valence-electron chi connectivity index (χ1n) is 5.16. The van der Waals surface area contributed by atoms with Crippen LogP contribution in [0.3, 0.4) is 0 Å². The zero-order chi connectivity index (χ0) is 10.6. The third-order valence-electron chi connectivity index (χ3n) is 2.87. The number of aliphatic hydroxyl groups is 1. The Labute approximate surface area is 88.5 Å². The summed E-state index contributed by atoms with van der Waals surface area (Å²) in [6.45, 7) is 2.12. The van der Waals surface area contributed by atoms with Gasteiger partial charge in [-0.2, -0.15) is 0 Å². The molecule has 2 rings (SSSR count). The number of hydrogen-bond donors (Lipinski definition) is 2. The molecule has 84 valence electrons. The molecule has 0 spiro atoms. The van der Waals surface area contributed by atoms with E-state index in [0.29, 0.717) is 19.8 Å². The molecule has 0 unspecified atom stereocenters. The van der Waals surface area contributed by atoms with Crippen molar-refractivity contribution in [2.75, 3.05) is 19.8 Å². The number of nitrogens with zero attached hydrogens (tertiary/aromatic N) is 1. The molecule has 0 atom stereocenters. The third kappa shape index (κ3) is 2.56. The summed E-state index contributed by atoms with van der Waals surface area (Å²) in [5.74, 6) is 0.786. The Kier molecular flexibility index (Phi) is 3.35. The molecular formula is C10H16N2O3. The minimum atomic E-state index is -0.217. The number of rotatable bonds is 4. The highest BCUT2D eigenvalue weighted by atomic mass is 16.5. The van der Waals surface area contributed by atoms with Crippen molar-refractivity contribution in [3.63, 3.8) is 0 Å². The minimum absolute atomic E-state index is 0.129. The Balaban J connectivity index is 1.89. The number of nitrogens with one attached hydrogen (secondary N) is 1. The quantitative estimate of drug-likeness (QED) is 0.751. The molecule has 0 radical (unpaired) electrons. The van der Waals surface area contributed by atoms with Gasteiger partial charge in [0.1, 0.15) is 5.76 Å². The molecule has 0 bridgehead atoms. The molecule has 0 aliphatic carbocycles. The predicted molar refractivity (Wildman–Crippen MR) is 53.2 cm³/mol. The van der Waals surface area contributed by atoms with Gasteiger partial charge in [0.05, 0.1) is 19.3 Å². The smallest absolute Gasteiger partial charge is 0.180 e. The Bertz CT molecular complexity index is 281. The lowest BCUT2D eigenvalue weighted by Crippen LogP contribution is -2.51. The second-order valence-electron chi connectivity index (χ2n) is 3.87. The van der Waals surface area contributed by atoms with Gasteiger partial charge in [0.25, 0.3) is 0 Å². The van der Waals surface area contributed by atoms with Gasteiger partial charge in [-0.15, -0.1) is 0 Å². The molecule has 5 heteroatoms. The molecule has 2 heterocycles. The van der Waals surface area contributed by atoms with Crippen LogP contribution < -0.4 is 5.32 Å². The largest absolute Gasteiger partial charge is 0.447 e. The molecule has 0 amide bonds. The molecule has 1 aliphatic heterocycles. The van der Waals surface area contributed by atoms with Crippen LogP contribution in [0, 0.1) is 0 Å². The molecule has 5 nitrogen and oxygen atoms in total. The first-order valence-corrected chi connectivity index (χ1v) is 5.16. The molecule has 2 N–H and O–H groups in total. The average Bonchev–Trinajstić information content (AvgIpc) is 2.81. The van der Waals surface area contributed by atoms with Crippen LogP contribution in [0.25, 0.3) is 0 Å². The Morgan fingerprint density at radius 2 is 2.27 bits per heavy atom. The Morgan fingerprint density at radius 1 is 1.47 bits per heavy atom. The van der Waals surface area contributed by atoms with Crippen LogP contribution >= 0.6 is 0 Å². The Morgan fingerprint density at radius 3 is 2.87 bits per heavy atom. The standard InChI is InChI=1S/C10H16N2O3/c13-7-10(1-3-14-4-2-10)12-6-9-5-11-8-15-9/h5,8,12-13H,1-4,6-7H2. The van der Waals surface area contributed by atoms with Crippen LogP contribution in [-0.2, 0) is 11.3 Å². The molecular weight excluding hydrogens is 196 g/mol. The van der Waals surface area contributed by atoms with Crippen LogP contribution in [0.1, 0.15) is 18.6 Å². The van der Waals surface area contributed by atoms with Crippen molar-refractivity contribution < 1.29 is 14.3 Å². The van der Waals surface area contributed by atoms with E-state index in [2.05, 4.69) is 10.3 Å². The van der Waals surface area contributed by atoms with Crippen molar-refractivity contribution in [2.24, 2.45) is 0 Å². The lowest BCUT2D eigenvalue weighted by atomic mass is 9.91. The van der Waals surface area contributed by atoms with Crippen molar-refractivity contribution in [3.8, 4) is 0 Å². The van der Waals surface area contributed by atoms with E-state index in [-0.39, 0.29) is 12.1 Å². The molecule has 1 aliphatic rings. The van der Waals surface area contributed by atoms with Crippen LogP contribution in [0.2, 0.25) is 0 Å². The monoisotopic (exact) mass is 212 g/mol. The van der Waals surface area contributed by atoms with Crippen LogP contribution in [0.5, 0.6) is 0 Å². The molecule has 0 aromatic carbocycles. The molecule has 1 aromatic heterocycles. The highest BCUT2D eigenvalue weighted by molar-refractivity contribution is 4.94. The number of ether oxygens (including phenoxy) is 1. The zero-order valence-electron chi connectivity index (χ0n) is 8.61. The summed E-state index contributed by atoms with van der Waals surface area (Å²) in [5, 5.41) is 12.7. The fourth-order valence-electron chi connectivity index (χ4n) is 1.76. The summed E-state index contributed by atoms with van der Waals surface area (Å²) in [5.41, 5.74) is -0.217. The zero-order valence-corrected chi connectivity index (χ0v) is 8.61. The van der Waals surface area contributed by atoms with E-state index in [1.807, 2.05) is 0 Å². The molecule has 1 fully saturated rings. The number of hydrogen-bond acceptors (Lipinski definition) is 5. The minimum Gasteiger partial charge on any atom is -0.447 e. The van der Waals surface area contributed by atoms with Gasteiger partial charge < -0.3 is 19.6 Å². The number of aromatic nitrogens is 1. The first kappa shape index (κ1) is 10.6. The van der Waals surface area contributed by atoms with E-state index in [1.54, 1.807) is 6.20 Å². The van der Waals surface area contributed by atoms with Crippen molar-refractivity contribution in [3.05, 3.63) is 18.4 Å². The van der Waals surface area contributed by atoms with Gasteiger partial charge >= 0.3 is 0 Å². The van der Waals surface area contributed by atoms with E-state index < -0.39 is 0 Å². The number of aliphatic hydroxyl groups excluding tert-OH is 1. The van der Waals surface area contributed by atoms with E-state index in [1.165, 1.54) is 6.39 Å². The normalized spacial score (nSPS) is 20.3. The molecule has 1 saturated heterocycles. The lowest BCUT2D eigenvalue weighted by Gasteiger charge is -2.36. The van der Waals surface area contributed by atoms with Gasteiger partial charge in [0, 0.05) is 18.8 Å². The predicted octanol–water partition coefficient (Wildman–Crippen LogP) is 0.306. The summed E-state index contributed by atoms with van der Waals surface area (Å²) in [7, 11) is 0. The summed E-state index contributed by atoms with van der Waals surface area (Å²) >= 11 is 0. The van der Waals surface area contributed by atoms with Gasteiger partial charge in [-0.25, -0.2) is 4.98 Å². The fraction of sp³-hybridized carbons (Fsp3) is 0.700. The van der Waals surface area contributed by atoms with Gasteiger partial charge in [-0.1, -0.05) is 0 Å². The van der Waals surface area contributed by atoms with Gasteiger partial charge in [-0.3, -0.25) is 0 Å². The van der Waals surface area contributed by atoms with Crippen molar-refractivity contribution in [1.29, 1.82) is 0 Å². The molecule has 0 saturated carbocycles. The van der Waals surface area contributed by atoms with Gasteiger partial charge in [-0.05, 0) is 12.8 Å². The first-order chi connectivity index (χ1) is 7.35. The molecule has 15 heavy (non-hydrogen) atoms. The maximum absolute atomic E-state index is 9.41. The molecule has 1 aromatic rings. The van der Waals surface area contributed by atoms with Crippen molar-refractivity contribution in [2.45, 2.75) is 24.9 Å². The highest BCUT2D eigenvalue weighted by Gasteiger charge is 2.31. The topological polar surface area (TPSA) is 67.5 Å². The van der Waals surface area contributed by atoms with Crippen LogP contribution in [0.15, 0.2) is 17.0 Å². The highest BCUT2D eigenvalue weighted by Crippen LogP contribution is 2.20. The summed E-state index contributed by atoms with van der Waals surface area (Å²) < 4.78 is 10.4. The van der Waals surface area contributed by atoms with Gasteiger partial charge in [0.15, 0.2) is 6.39 Å². The Hall–Kier alpha value is -0.910. The van der Waals surface area contributed by atoms with Crippen LogP contribution in [-0.4, -0.2) is 35.5 Å². The van der Waals surface area contributed by atoms with Gasteiger partial charge in [0.2, 0.25) is 0 Å². The van der Waals surface area contributed by atoms with E-state index in [4.69, 9.17) is 9.15 Å². The number of oxazole rings is 1. The third-order valence-corrected chi connectivity index (χ3v) is 2.87. The maximum atomic E-state index is 9.41. The van der Waals surface area contributed by atoms with E-state index in [9.17, 15) is 5.11 Å². The van der Waals surface area contributed by atoms with E-state index in [0.717, 1.165) is 18.6 Å². The second kappa shape index (κ2) is 4.74. The fourth-order valence-corrected chi connectivity index (χ4v) is 1.76. The maximum Gasteiger partial charge on any atom is 0.180 e. The second-order valence-corrected chi connectivity index (χ2v) is 3.87. The summed E-state index contributed by atoms with van der Waals surface area (Å²) in [6.07, 6.45) is 4.75. The SMILES string of the molecule is OCC1(NCc2cnco2)CCOCC1. The van der Waals surface area contributed by atoms with Crippen molar-refractivity contribution >= 4 is 0 Å². The van der Waals surface area contributed by atoms with Crippen molar-refractivity contribution in [1.82, 2.24) is 10.3 Å². The van der Waals surface area contributed by atoms with Crippen LogP contribution in [0.4, 0.5) is 0 Å². The van der Waals surface area contributed by atoms with E-state index >= 15 is 0 Å². The average molecular weight is 212 g/mol. The lowest BCUT2D eigenvalue weighted by molar-refractivity contribution is 0.0104. The summed E-state index contributed by atoms with van der Waals surface area (Å²) in [4.78, 5) is 3.84.